The molecule has 2 N–H and O–H groups in total. The van der Waals surface area contributed by atoms with Gasteiger partial charge in [-0.2, -0.15) is 10.6 Å². The molecule has 0 radical (unpaired) electrons. The lowest BCUT2D eigenvalue weighted by molar-refractivity contribution is -0.0144. The summed E-state index contributed by atoms with van der Waals surface area (Å²) in [6.07, 6.45) is 4.30. The van der Waals surface area contributed by atoms with Crippen LogP contribution < -0.4 is 5.48 Å². The minimum Gasteiger partial charge on any atom is -0.303 e. The van der Waals surface area contributed by atoms with Crippen LogP contribution in [0.2, 0.25) is 0 Å². The molecule has 2 aliphatic rings. The molecule has 3 aromatic rings. The largest absolute Gasteiger partial charge is 0.303 e. The molecule has 3 heterocycles. The summed E-state index contributed by atoms with van der Waals surface area (Å²) in [6.45, 7) is 1.68. The monoisotopic (exact) mass is 355 g/mol. The summed E-state index contributed by atoms with van der Waals surface area (Å²) >= 11 is 1.64. The Bertz CT molecular complexity index is 875. The first-order valence-electron chi connectivity index (χ1n) is 8.72. The highest BCUT2D eigenvalue weighted by Gasteiger charge is 2.42. The Kier molecular flexibility index (Phi) is 3.82. The first-order valence-corrected chi connectivity index (χ1v) is 9.60. The number of H-pyrrole nitrogens is 1. The highest BCUT2D eigenvalue weighted by atomic mass is 32.1. The molecule has 1 saturated heterocycles. The van der Waals surface area contributed by atoms with Crippen molar-refractivity contribution < 1.29 is 4.84 Å². The molecule has 130 valence electrons. The molecule has 1 aliphatic heterocycles. The van der Waals surface area contributed by atoms with Gasteiger partial charge >= 0.3 is 0 Å². The number of nitrogens with one attached hydrogen (secondary N) is 2. The first kappa shape index (κ1) is 15.5. The molecule has 5 rings (SSSR count). The molecule has 2 fully saturated rings. The SMILES string of the molecule is CN1CC2CC1CC2NOCc1[nH]nc2cc(-c3nccs3)ccc12. The Morgan fingerprint density at radius 2 is 2.36 bits per heavy atom. The van der Waals surface area contributed by atoms with E-state index in [1.165, 1.54) is 19.4 Å². The fraction of sp³-hybridized carbons (Fsp3) is 0.444. The second-order valence-corrected chi connectivity index (χ2v) is 8.00. The number of thiazole rings is 1. The molecule has 1 aliphatic carbocycles. The van der Waals surface area contributed by atoms with Crippen molar-refractivity contribution in [2.45, 2.75) is 31.5 Å². The van der Waals surface area contributed by atoms with Gasteiger partial charge in [0, 0.05) is 41.2 Å². The summed E-state index contributed by atoms with van der Waals surface area (Å²) in [7, 11) is 2.22. The average molecular weight is 355 g/mol. The zero-order chi connectivity index (χ0) is 16.8. The molecule has 7 heteroatoms. The van der Waals surface area contributed by atoms with E-state index in [1.54, 1.807) is 11.3 Å². The maximum Gasteiger partial charge on any atom is 0.123 e. The fourth-order valence-corrected chi connectivity index (χ4v) is 4.85. The predicted octanol–water partition coefficient (Wildman–Crippen LogP) is 2.80. The van der Waals surface area contributed by atoms with Crippen molar-refractivity contribution in [1.82, 2.24) is 25.6 Å². The van der Waals surface area contributed by atoms with Gasteiger partial charge in [0.2, 0.25) is 0 Å². The van der Waals surface area contributed by atoms with Gasteiger partial charge in [0.25, 0.3) is 0 Å². The molecule has 1 saturated carbocycles. The minimum atomic E-state index is 0.479. The van der Waals surface area contributed by atoms with Crippen LogP contribution in [0.5, 0.6) is 0 Å². The maximum atomic E-state index is 5.81. The summed E-state index contributed by atoms with van der Waals surface area (Å²) in [5, 5.41) is 11.7. The van der Waals surface area contributed by atoms with Gasteiger partial charge in [-0.25, -0.2) is 4.98 Å². The molecular weight excluding hydrogens is 334 g/mol. The summed E-state index contributed by atoms with van der Waals surface area (Å²) in [6, 6.07) is 7.48. The van der Waals surface area contributed by atoms with E-state index in [2.05, 4.69) is 50.8 Å². The number of benzene rings is 1. The van der Waals surface area contributed by atoms with E-state index in [0.717, 1.165) is 39.1 Å². The number of hydrogen-bond donors (Lipinski definition) is 2. The van der Waals surface area contributed by atoms with E-state index in [4.69, 9.17) is 4.84 Å². The van der Waals surface area contributed by atoms with E-state index < -0.39 is 0 Å². The third-order valence-corrected chi connectivity index (χ3v) is 6.40. The van der Waals surface area contributed by atoms with Crippen molar-refractivity contribution in [3.63, 3.8) is 0 Å². The van der Waals surface area contributed by atoms with E-state index in [9.17, 15) is 0 Å². The van der Waals surface area contributed by atoms with Gasteiger partial charge in [-0.3, -0.25) is 9.94 Å². The van der Waals surface area contributed by atoms with Crippen LogP contribution in [0, 0.1) is 5.92 Å². The Morgan fingerprint density at radius 1 is 1.40 bits per heavy atom. The number of likely N-dealkylation sites (tertiary alicyclic amines) is 1. The molecule has 25 heavy (non-hydrogen) atoms. The lowest BCUT2D eigenvalue weighted by Crippen LogP contribution is -2.42. The van der Waals surface area contributed by atoms with E-state index in [1.807, 2.05) is 11.6 Å². The Hall–Kier alpha value is -1.80. The van der Waals surface area contributed by atoms with Crippen LogP contribution in [0.15, 0.2) is 29.8 Å². The van der Waals surface area contributed by atoms with Gasteiger partial charge in [0.05, 0.1) is 11.2 Å². The summed E-state index contributed by atoms with van der Waals surface area (Å²) in [4.78, 5) is 12.6. The zero-order valence-electron chi connectivity index (χ0n) is 14.1. The van der Waals surface area contributed by atoms with Gasteiger partial charge < -0.3 is 4.90 Å². The number of rotatable bonds is 5. The summed E-state index contributed by atoms with van der Waals surface area (Å²) in [5.41, 5.74) is 6.35. The number of fused-ring (bicyclic) bond motifs is 3. The van der Waals surface area contributed by atoms with Crippen molar-refractivity contribution in [3.8, 4) is 10.6 Å². The number of hydrogen-bond acceptors (Lipinski definition) is 6. The Labute approximate surface area is 150 Å². The van der Waals surface area contributed by atoms with Gasteiger partial charge in [-0.1, -0.05) is 12.1 Å². The first-order chi connectivity index (χ1) is 12.3. The second kappa shape index (κ2) is 6.17. The number of hydroxylamine groups is 1. The van der Waals surface area contributed by atoms with Crippen LogP contribution in [-0.2, 0) is 11.4 Å². The zero-order valence-corrected chi connectivity index (χ0v) is 14.9. The Balaban J connectivity index is 1.25. The number of aromatic nitrogens is 3. The third-order valence-electron chi connectivity index (χ3n) is 5.58. The molecule has 0 amide bonds. The minimum absolute atomic E-state index is 0.479. The molecule has 3 unspecified atom stereocenters. The highest BCUT2D eigenvalue weighted by molar-refractivity contribution is 7.13. The molecule has 3 atom stereocenters. The second-order valence-electron chi connectivity index (χ2n) is 7.11. The topological polar surface area (TPSA) is 66.1 Å². The van der Waals surface area contributed by atoms with Crippen LogP contribution in [0.3, 0.4) is 0 Å². The van der Waals surface area contributed by atoms with Crippen LogP contribution in [0.25, 0.3) is 21.5 Å². The summed E-state index contributed by atoms with van der Waals surface area (Å²) < 4.78 is 0. The third kappa shape index (κ3) is 2.77. The highest BCUT2D eigenvalue weighted by Crippen LogP contribution is 2.36. The Morgan fingerprint density at radius 3 is 3.12 bits per heavy atom. The molecular formula is C18H21N5OS. The van der Waals surface area contributed by atoms with E-state index >= 15 is 0 Å². The van der Waals surface area contributed by atoms with Crippen molar-refractivity contribution in [2.75, 3.05) is 13.6 Å². The van der Waals surface area contributed by atoms with E-state index in [-0.39, 0.29) is 0 Å². The molecule has 0 spiro atoms. The van der Waals surface area contributed by atoms with Crippen molar-refractivity contribution in [1.29, 1.82) is 0 Å². The fourth-order valence-electron chi connectivity index (χ4n) is 4.22. The van der Waals surface area contributed by atoms with Crippen LogP contribution in [0.1, 0.15) is 18.5 Å². The predicted molar refractivity (Wildman–Crippen MR) is 98.1 cm³/mol. The van der Waals surface area contributed by atoms with E-state index in [0.29, 0.717) is 12.6 Å². The maximum absolute atomic E-state index is 5.81. The van der Waals surface area contributed by atoms with Crippen molar-refractivity contribution in [3.05, 3.63) is 35.5 Å². The van der Waals surface area contributed by atoms with Crippen LogP contribution >= 0.6 is 11.3 Å². The smallest absolute Gasteiger partial charge is 0.123 e. The molecule has 1 aromatic carbocycles. The van der Waals surface area contributed by atoms with Crippen LogP contribution in [-0.4, -0.2) is 45.8 Å². The number of aromatic amines is 1. The molecule has 6 nitrogen and oxygen atoms in total. The van der Waals surface area contributed by atoms with Crippen LogP contribution in [0.4, 0.5) is 0 Å². The van der Waals surface area contributed by atoms with Gasteiger partial charge in [-0.05, 0) is 31.9 Å². The van der Waals surface area contributed by atoms with Crippen molar-refractivity contribution >= 4 is 22.2 Å². The van der Waals surface area contributed by atoms with Gasteiger partial charge in [-0.15, -0.1) is 11.3 Å². The number of nitrogens with zero attached hydrogens (tertiary/aromatic N) is 3. The van der Waals surface area contributed by atoms with Gasteiger partial charge in [0.1, 0.15) is 11.6 Å². The van der Waals surface area contributed by atoms with Gasteiger partial charge in [0.15, 0.2) is 0 Å². The summed E-state index contributed by atoms with van der Waals surface area (Å²) in [5.74, 6) is 0.717. The normalized spacial score (nSPS) is 26.0. The number of piperidine rings is 1. The standard InChI is InChI=1S/C18H21N5OS/c1-23-9-12-6-13(23)8-15(12)22-24-10-17-14-3-2-11(7-16(14)20-21-17)18-19-4-5-25-18/h2-5,7,12-13,15,22H,6,8-10H2,1H3,(H,20,21). The molecule has 2 aromatic heterocycles. The quantitative estimate of drug-likeness (QED) is 0.689. The lowest BCUT2D eigenvalue weighted by Gasteiger charge is -2.28. The average Bonchev–Trinajstić information content (AvgIpc) is 3.38. The molecule has 2 bridgehead atoms. The lowest BCUT2D eigenvalue weighted by atomic mass is 10.0. The van der Waals surface area contributed by atoms with Crippen molar-refractivity contribution in [2.24, 2.45) is 5.92 Å².